The van der Waals surface area contributed by atoms with E-state index in [0.29, 0.717) is 26.1 Å². The quantitative estimate of drug-likeness (QED) is 0.291. The smallest absolute Gasteiger partial charge is 0.337 e. The van der Waals surface area contributed by atoms with E-state index >= 15 is 0 Å². The second-order valence-corrected chi connectivity index (χ2v) is 10.3. The minimum Gasteiger partial charge on any atom is -0.460 e. The van der Waals surface area contributed by atoms with Crippen molar-refractivity contribution in [3.63, 3.8) is 0 Å². The van der Waals surface area contributed by atoms with Crippen LogP contribution < -0.4 is 5.32 Å². The third kappa shape index (κ3) is 9.87. The largest absolute Gasteiger partial charge is 0.460 e. The van der Waals surface area contributed by atoms with E-state index in [0.717, 1.165) is 18.4 Å². The third-order valence-corrected chi connectivity index (χ3v) is 6.12. The second kappa shape index (κ2) is 14.3. The molecular weight excluding hydrogens is 466 g/mol. The highest BCUT2D eigenvalue weighted by Gasteiger charge is 2.45. The molecule has 0 spiro atoms. The number of aliphatic hydroxyl groups is 1. The molecule has 2 atom stereocenters. The van der Waals surface area contributed by atoms with Gasteiger partial charge in [0.1, 0.15) is 12.2 Å². The van der Waals surface area contributed by atoms with Crippen LogP contribution in [0, 0.1) is 11.3 Å². The van der Waals surface area contributed by atoms with Gasteiger partial charge in [-0.1, -0.05) is 43.2 Å². The van der Waals surface area contributed by atoms with Crippen molar-refractivity contribution >= 4 is 17.8 Å². The highest BCUT2D eigenvalue weighted by Crippen LogP contribution is 2.44. The van der Waals surface area contributed by atoms with E-state index in [9.17, 15) is 19.5 Å². The summed E-state index contributed by atoms with van der Waals surface area (Å²) in [4.78, 5) is 38.4. The Morgan fingerprint density at radius 1 is 1.06 bits per heavy atom. The first-order valence-corrected chi connectivity index (χ1v) is 12.5. The summed E-state index contributed by atoms with van der Waals surface area (Å²) in [5.41, 5.74) is -0.676. The van der Waals surface area contributed by atoms with Crippen LogP contribution >= 0.6 is 0 Å². The number of methoxy groups -OCH3 is 1. The number of carbonyl (C=O) groups is 3. The Labute approximate surface area is 213 Å². The fourth-order valence-corrected chi connectivity index (χ4v) is 4.30. The third-order valence-electron chi connectivity index (χ3n) is 6.12. The molecule has 1 aliphatic carbocycles. The van der Waals surface area contributed by atoms with E-state index in [4.69, 9.17) is 18.9 Å². The average molecular weight is 508 g/mol. The summed E-state index contributed by atoms with van der Waals surface area (Å²) < 4.78 is 21.4. The lowest BCUT2D eigenvalue weighted by molar-refractivity contribution is -0.164. The molecule has 0 radical (unpaired) electrons. The van der Waals surface area contributed by atoms with E-state index in [1.807, 2.05) is 30.3 Å². The summed E-state index contributed by atoms with van der Waals surface area (Å²) in [6.07, 6.45) is 1.67. The van der Waals surface area contributed by atoms with Crippen LogP contribution in [-0.2, 0) is 39.9 Å². The summed E-state index contributed by atoms with van der Waals surface area (Å²) >= 11 is 0. The molecule has 1 amide bonds. The first kappa shape index (κ1) is 29.7. The highest BCUT2D eigenvalue weighted by atomic mass is 16.6. The van der Waals surface area contributed by atoms with E-state index in [1.54, 1.807) is 27.9 Å². The van der Waals surface area contributed by atoms with E-state index in [2.05, 4.69) is 5.32 Å². The molecule has 1 saturated carbocycles. The van der Waals surface area contributed by atoms with Gasteiger partial charge in [-0.25, -0.2) is 4.79 Å². The Morgan fingerprint density at radius 2 is 1.72 bits per heavy atom. The van der Waals surface area contributed by atoms with Crippen molar-refractivity contribution < 1.29 is 38.4 Å². The number of rotatable bonds is 14. The van der Waals surface area contributed by atoms with Crippen molar-refractivity contribution in [2.45, 2.75) is 71.2 Å². The number of nitrogens with one attached hydrogen (secondary N) is 1. The number of ether oxygens (including phenoxy) is 4. The summed E-state index contributed by atoms with van der Waals surface area (Å²) in [7, 11) is 1.57. The van der Waals surface area contributed by atoms with Gasteiger partial charge in [0.25, 0.3) is 0 Å². The van der Waals surface area contributed by atoms with Crippen molar-refractivity contribution in [3.05, 3.63) is 35.9 Å². The predicted octanol–water partition coefficient (Wildman–Crippen LogP) is 2.78. The van der Waals surface area contributed by atoms with Crippen LogP contribution in [0.15, 0.2) is 30.3 Å². The maximum atomic E-state index is 13.3. The molecule has 0 heterocycles. The topological polar surface area (TPSA) is 120 Å². The normalized spacial score (nSPS) is 16.7. The Balaban J connectivity index is 1.98. The zero-order valence-electron chi connectivity index (χ0n) is 21.9. The molecule has 0 aliphatic heterocycles. The number of carbonyl (C=O) groups excluding carboxylic acids is 3. The van der Waals surface area contributed by atoms with Crippen LogP contribution in [0.5, 0.6) is 0 Å². The molecule has 9 heteroatoms. The summed E-state index contributed by atoms with van der Waals surface area (Å²) in [5, 5.41) is 13.0. The fourth-order valence-electron chi connectivity index (χ4n) is 4.30. The van der Waals surface area contributed by atoms with E-state index in [1.165, 1.54) is 0 Å². The van der Waals surface area contributed by atoms with E-state index < -0.39 is 35.0 Å². The van der Waals surface area contributed by atoms with Gasteiger partial charge >= 0.3 is 11.9 Å². The van der Waals surface area contributed by atoms with E-state index in [-0.39, 0.29) is 32.1 Å². The number of hydrogen-bond donors (Lipinski definition) is 2. The van der Waals surface area contributed by atoms with Crippen molar-refractivity contribution in [1.29, 1.82) is 0 Å². The zero-order valence-corrected chi connectivity index (χ0v) is 21.9. The number of hydrogen-bond acceptors (Lipinski definition) is 8. The first-order chi connectivity index (χ1) is 17.1. The molecule has 9 nitrogen and oxygen atoms in total. The zero-order chi connectivity index (χ0) is 26.6. The van der Waals surface area contributed by atoms with Gasteiger partial charge in [-0.3, -0.25) is 9.59 Å². The SMILES string of the molecule is COCCOC[C@@H](CC1(C(=O)NC[C@H](O)C(=O)OCc2ccccc2)CCCC1)C(=O)OC(C)(C)C. The molecule has 202 valence electrons. The Morgan fingerprint density at radius 3 is 2.33 bits per heavy atom. The lowest BCUT2D eigenvalue weighted by atomic mass is 9.76. The van der Waals surface area contributed by atoms with Crippen molar-refractivity contribution in [1.82, 2.24) is 5.32 Å². The maximum absolute atomic E-state index is 13.3. The Bertz CT molecular complexity index is 830. The van der Waals surface area contributed by atoms with Gasteiger partial charge < -0.3 is 29.4 Å². The lowest BCUT2D eigenvalue weighted by Gasteiger charge is -2.32. The summed E-state index contributed by atoms with van der Waals surface area (Å²) in [6.45, 7) is 5.99. The standard InChI is InChI=1S/C27H41NO8/c1-26(2,3)36-23(30)21(19-34-15-14-33-4)16-27(12-8-9-13-27)25(32)28-17-22(29)24(31)35-18-20-10-6-5-7-11-20/h5-7,10-11,21-22,29H,8-9,12-19H2,1-4H3,(H,28,32)/t21-,22+/m1/s1. The van der Waals surface area contributed by atoms with Gasteiger partial charge in [-0.15, -0.1) is 0 Å². The summed E-state index contributed by atoms with van der Waals surface area (Å²) in [6, 6.07) is 9.13. The molecule has 1 aromatic carbocycles. The van der Waals surface area contributed by atoms with Crippen LogP contribution in [0.25, 0.3) is 0 Å². The molecule has 1 aromatic rings. The molecule has 2 N–H and O–H groups in total. The van der Waals surface area contributed by atoms with Crippen molar-refractivity contribution in [2.24, 2.45) is 11.3 Å². The molecule has 36 heavy (non-hydrogen) atoms. The highest BCUT2D eigenvalue weighted by molar-refractivity contribution is 5.85. The van der Waals surface area contributed by atoms with Gasteiger partial charge in [0, 0.05) is 7.11 Å². The van der Waals surface area contributed by atoms with Crippen LogP contribution in [0.1, 0.15) is 58.4 Å². The average Bonchev–Trinajstić information content (AvgIpc) is 3.32. The van der Waals surface area contributed by atoms with Crippen LogP contribution in [-0.4, -0.2) is 68.1 Å². The first-order valence-electron chi connectivity index (χ1n) is 12.5. The molecule has 0 unspecified atom stereocenters. The lowest BCUT2D eigenvalue weighted by Crippen LogP contribution is -2.46. The van der Waals surface area contributed by atoms with Crippen LogP contribution in [0.2, 0.25) is 0 Å². The molecule has 0 aromatic heterocycles. The van der Waals surface area contributed by atoms with Gasteiger partial charge in [0.2, 0.25) is 5.91 Å². The van der Waals surface area contributed by atoms with Gasteiger partial charge in [0.05, 0.1) is 37.7 Å². The van der Waals surface area contributed by atoms with Crippen molar-refractivity contribution in [2.75, 3.05) is 33.5 Å². The number of amides is 1. The van der Waals surface area contributed by atoms with Crippen LogP contribution in [0.4, 0.5) is 0 Å². The Kier molecular flexibility index (Phi) is 11.8. The molecular formula is C27H41NO8. The van der Waals surface area contributed by atoms with Gasteiger partial charge in [-0.2, -0.15) is 0 Å². The van der Waals surface area contributed by atoms with Crippen molar-refractivity contribution in [3.8, 4) is 0 Å². The molecule has 2 rings (SSSR count). The number of esters is 2. The second-order valence-electron chi connectivity index (χ2n) is 10.3. The molecule has 0 saturated heterocycles. The molecule has 0 bridgehead atoms. The van der Waals surface area contributed by atoms with Gasteiger partial charge in [0.15, 0.2) is 6.10 Å². The predicted molar refractivity (Wildman–Crippen MR) is 133 cm³/mol. The Hall–Kier alpha value is -2.49. The fraction of sp³-hybridized carbons (Fsp3) is 0.667. The monoisotopic (exact) mass is 507 g/mol. The summed E-state index contributed by atoms with van der Waals surface area (Å²) in [5.74, 6) is -2.15. The molecule has 1 aliphatic rings. The maximum Gasteiger partial charge on any atom is 0.337 e. The minimum absolute atomic E-state index is 0.0370. The minimum atomic E-state index is -1.49. The number of benzene rings is 1. The van der Waals surface area contributed by atoms with Gasteiger partial charge in [-0.05, 0) is 45.6 Å². The molecule has 1 fully saturated rings. The number of aliphatic hydroxyl groups excluding tert-OH is 1. The van der Waals surface area contributed by atoms with Crippen LogP contribution in [0.3, 0.4) is 0 Å².